The highest BCUT2D eigenvalue weighted by molar-refractivity contribution is 7.99. The summed E-state index contributed by atoms with van der Waals surface area (Å²) in [7, 11) is 0. The van der Waals surface area contributed by atoms with Crippen LogP contribution in [0.3, 0.4) is 0 Å². The molecule has 0 spiro atoms. The van der Waals surface area contributed by atoms with Gasteiger partial charge in [0.25, 0.3) is 0 Å². The van der Waals surface area contributed by atoms with Crippen molar-refractivity contribution >= 4 is 17.4 Å². The van der Waals surface area contributed by atoms with E-state index < -0.39 is 0 Å². The van der Waals surface area contributed by atoms with E-state index in [0.29, 0.717) is 0 Å². The highest BCUT2D eigenvalue weighted by Crippen LogP contribution is 2.26. The second-order valence-corrected chi connectivity index (χ2v) is 6.23. The average Bonchev–Trinajstić information content (AvgIpc) is 3.19. The van der Waals surface area contributed by atoms with Crippen molar-refractivity contribution in [1.82, 2.24) is 14.7 Å². The van der Waals surface area contributed by atoms with Crippen LogP contribution in [0.4, 0.5) is 0 Å². The molecular formula is C15H21N3S. The molecule has 2 heterocycles. The van der Waals surface area contributed by atoms with Gasteiger partial charge in [0.2, 0.25) is 0 Å². The van der Waals surface area contributed by atoms with Crippen molar-refractivity contribution in [3.8, 4) is 0 Å². The predicted octanol–water partition coefficient (Wildman–Crippen LogP) is 3.48. The lowest BCUT2D eigenvalue weighted by molar-refractivity contribution is 0.661. The van der Waals surface area contributed by atoms with Crippen molar-refractivity contribution in [1.29, 1.82) is 0 Å². The molecule has 0 aromatic carbocycles. The quantitative estimate of drug-likeness (QED) is 0.619. The van der Waals surface area contributed by atoms with Gasteiger partial charge in [-0.05, 0) is 37.1 Å². The molecule has 0 saturated heterocycles. The summed E-state index contributed by atoms with van der Waals surface area (Å²) >= 11 is 1.90. The highest BCUT2D eigenvalue weighted by Gasteiger charge is 2.22. The number of unbranched alkanes of at least 4 members (excludes halogenated alkanes) is 1. The summed E-state index contributed by atoms with van der Waals surface area (Å²) < 4.78 is 2.23. The average molecular weight is 275 g/mol. The first-order chi connectivity index (χ1) is 9.38. The molecule has 0 unspecified atom stereocenters. The maximum atomic E-state index is 4.77. The summed E-state index contributed by atoms with van der Waals surface area (Å²) in [6, 6.07) is 6.96. The van der Waals surface area contributed by atoms with Gasteiger partial charge in [0.05, 0.1) is 5.69 Å². The Balaban J connectivity index is 1.82. The van der Waals surface area contributed by atoms with Gasteiger partial charge in [-0.25, -0.2) is 4.98 Å². The number of hydrogen-bond acceptors (Lipinski definition) is 3. The number of nitrogens with one attached hydrogen (secondary N) is 1. The molecule has 4 heteroatoms. The van der Waals surface area contributed by atoms with Gasteiger partial charge in [0.1, 0.15) is 10.7 Å². The normalized spacial score (nSPS) is 15.2. The van der Waals surface area contributed by atoms with E-state index in [2.05, 4.69) is 41.0 Å². The first-order valence-electron chi connectivity index (χ1n) is 7.20. The maximum Gasteiger partial charge on any atom is 0.138 e. The number of aromatic nitrogens is 2. The molecule has 102 valence electrons. The third kappa shape index (κ3) is 3.12. The van der Waals surface area contributed by atoms with Crippen LogP contribution >= 0.6 is 11.8 Å². The molecule has 0 radical (unpaired) electrons. The molecule has 1 aliphatic rings. The molecule has 3 rings (SSSR count). The van der Waals surface area contributed by atoms with Crippen LogP contribution in [-0.2, 0) is 6.54 Å². The van der Waals surface area contributed by atoms with Gasteiger partial charge in [0, 0.05) is 18.8 Å². The Hall–Kier alpha value is -1.00. The summed E-state index contributed by atoms with van der Waals surface area (Å²) in [5.41, 5.74) is 2.39. The molecule has 3 nitrogen and oxygen atoms in total. The number of pyridine rings is 1. The van der Waals surface area contributed by atoms with Crippen molar-refractivity contribution in [3.05, 3.63) is 30.1 Å². The van der Waals surface area contributed by atoms with Crippen LogP contribution in [0.1, 0.15) is 38.3 Å². The smallest absolute Gasteiger partial charge is 0.138 e. The highest BCUT2D eigenvalue weighted by atomic mass is 32.2. The third-order valence-corrected chi connectivity index (χ3v) is 4.56. The molecule has 0 bridgehead atoms. The van der Waals surface area contributed by atoms with Crippen LogP contribution in [0.25, 0.3) is 5.65 Å². The number of fused-ring (bicyclic) bond motifs is 1. The summed E-state index contributed by atoms with van der Waals surface area (Å²) in [5, 5.41) is 4.81. The summed E-state index contributed by atoms with van der Waals surface area (Å²) in [6.45, 7) is 3.17. The van der Waals surface area contributed by atoms with Gasteiger partial charge < -0.3 is 9.72 Å². The number of imidazole rings is 1. The minimum atomic E-state index is 0.739. The van der Waals surface area contributed by atoms with Gasteiger partial charge >= 0.3 is 0 Å². The lowest BCUT2D eigenvalue weighted by Gasteiger charge is -2.05. The fraction of sp³-hybridized carbons (Fsp3) is 0.533. The Labute approximate surface area is 118 Å². The molecule has 1 saturated carbocycles. The molecule has 0 amide bonds. The van der Waals surface area contributed by atoms with Crippen LogP contribution in [0.15, 0.2) is 29.4 Å². The Morgan fingerprint density at radius 2 is 2.32 bits per heavy atom. The SMILES string of the molecule is CCCCSc1nc2ccccn2c1CNC1CC1. The number of rotatable bonds is 7. The number of hydrogen-bond donors (Lipinski definition) is 1. The molecule has 2 aromatic rings. The molecule has 2 aromatic heterocycles. The van der Waals surface area contributed by atoms with Gasteiger partial charge in [-0.3, -0.25) is 0 Å². The number of thioether (sulfide) groups is 1. The monoisotopic (exact) mass is 275 g/mol. The zero-order valence-electron chi connectivity index (χ0n) is 11.4. The van der Waals surface area contributed by atoms with Crippen LogP contribution in [0.2, 0.25) is 0 Å². The van der Waals surface area contributed by atoms with Crippen LogP contribution in [0, 0.1) is 0 Å². The number of nitrogens with zero attached hydrogens (tertiary/aromatic N) is 2. The molecule has 1 N–H and O–H groups in total. The fourth-order valence-corrected chi connectivity index (χ4v) is 3.26. The van der Waals surface area contributed by atoms with E-state index in [1.54, 1.807) is 0 Å². The molecule has 0 atom stereocenters. The van der Waals surface area contributed by atoms with Crippen molar-refractivity contribution in [2.24, 2.45) is 0 Å². The second kappa shape index (κ2) is 5.97. The van der Waals surface area contributed by atoms with Crippen LogP contribution < -0.4 is 5.32 Å². The molecule has 1 fully saturated rings. The molecule has 19 heavy (non-hydrogen) atoms. The van der Waals surface area contributed by atoms with Gasteiger partial charge in [-0.2, -0.15) is 0 Å². The lowest BCUT2D eigenvalue weighted by atomic mass is 10.4. The Morgan fingerprint density at radius 1 is 1.42 bits per heavy atom. The van der Waals surface area contributed by atoms with Crippen molar-refractivity contribution in [2.45, 2.75) is 50.2 Å². The van der Waals surface area contributed by atoms with E-state index in [4.69, 9.17) is 4.98 Å². The minimum Gasteiger partial charge on any atom is -0.308 e. The molecule has 1 aliphatic carbocycles. The van der Waals surface area contributed by atoms with E-state index in [9.17, 15) is 0 Å². The first kappa shape index (κ1) is 13.0. The Morgan fingerprint density at radius 3 is 3.11 bits per heavy atom. The van der Waals surface area contributed by atoms with Crippen molar-refractivity contribution in [2.75, 3.05) is 5.75 Å². The van der Waals surface area contributed by atoms with E-state index in [1.807, 2.05) is 11.8 Å². The fourth-order valence-electron chi connectivity index (χ4n) is 2.14. The van der Waals surface area contributed by atoms with Crippen LogP contribution in [0.5, 0.6) is 0 Å². The third-order valence-electron chi connectivity index (χ3n) is 3.46. The maximum absolute atomic E-state index is 4.77. The van der Waals surface area contributed by atoms with Gasteiger partial charge in [-0.15, -0.1) is 11.8 Å². The molecular weight excluding hydrogens is 254 g/mol. The first-order valence-corrected chi connectivity index (χ1v) is 8.19. The largest absolute Gasteiger partial charge is 0.308 e. The lowest BCUT2D eigenvalue weighted by Crippen LogP contribution is -2.17. The van der Waals surface area contributed by atoms with E-state index in [-0.39, 0.29) is 0 Å². The zero-order valence-corrected chi connectivity index (χ0v) is 12.2. The van der Waals surface area contributed by atoms with Crippen molar-refractivity contribution in [3.63, 3.8) is 0 Å². The van der Waals surface area contributed by atoms with Gasteiger partial charge in [-0.1, -0.05) is 19.4 Å². The minimum absolute atomic E-state index is 0.739. The molecule has 0 aliphatic heterocycles. The summed E-state index contributed by atoms with van der Waals surface area (Å²) in [6.07, 6.45) is 7.28. The van der Waals surface area contributed by atoms with E-state index in [0.717, 1.165) is 24.0 Å². The van der Waals surface area contributed by atoms with E-state index in [1.165, 1.54) is 36.4 Å². The summed E-state index contributed by atoms with van der Waals surface area (Å²) in [4.78, 5) is 4.77. The van der Waals surface area contributed by atoms with Crippen LogP contribution in [-0.4, -0.2) is 21.2 Å². The standard InChI is InChI=1S/C15H21N3S/c1-2-3-10-19-15-13(11-16-12-7-8-12)18-9-5-4-6-14(18)17-15/h4-6,9,12,16H,2-3,7-8,10-11H2,1H3. The topological polar surface area (TPSA) is 29.3 Å². The Kier molecular flexibility index (Phi) is 4.09. The zero-order chi connectivity index (χ0) is 13.1. The van der Waals surface area contributed by atoms with E-state index >= 15 is 0 Å². The summed E-state index contributed by atoms with van der Waals surface area (Å²) in [5.74, 6) is 1.16. The second-order valence-electron chi connectivity index (χ2n) is 5.15. The Bertz CT molecular complexity index is 545. The van der Waals surface area contributed by atoms with Gasteiger partial charge in [0.15, 0.2) is 0 Å². The predicted molar refractivity (Wildman–Crippen MR) is 80.7 cm³/mol. The van der Waals surface area contributed by atoms with Crippen molar-refractivity contribution < 1.29 is 0 Å².